The Morgan fingerprint density at radius 2 is 2.03 bits per heavy atom. The number of aromatic nitrogens is 4. The number of nitrogens with zero attached hydrogens (tertiary/aromatic N) is 5. The number of likely N-dealkylation sites (tertiary alicyclic amines) is 1. The number of ether oxygens (including phenoxy) is 1. The van der Waals surface area contributed by atoms with E-state index in [1.807, 2.05) is 12.3 Å². The molecule has 0 spiro atoms. The summed E-state index contributed by atoms with van der Waals surface area (Å²) in [5.41, 5.74) is 5.99. The van der Waals surface area contributed by atoms with E-state index < -0.39 is 0 Å². The fourth-order valence-electron chi connectivity index (χ4n) is 5.60. The summed E-state index contributed by atoms with van der Waals surface area (Å²) in [5, 5.41) is 7.79. The van der Waals surface area contributed by atoms with Crippen molar-refractivity contribution in [3.8, 4) is 23.0 Å². The molecule has 1 amide bonds. The first-order valence-corrected chi connectivity index (χ1v) is 12.8. The minimum absolute atomic E-state index is 0.0471. The molecular formula is C27H32N6O2. The second-order valence-electron chi connectivity index (χ2n) is 9.83. The maximum Gasteiger partial charge on any atom is 0.254 e. The standard InChI is InChI=1S/C27H32N6O2/c1-3-32-12-4-5-20(32)15-28-26(34)23-16-30-33(25(23)18-7-8-18)27-29-14-19-9-6-17-10-11-21(35-2)13-22(17)24(19)31-27/h10-11,13-14,16,18,20H,3-9,12,15H2,1-2H3,(H,28,34). The van der Waals surface area contributed by atoms with Gasteiger partial charge in [-0.2, -0.15) is 5.10 Å². The number of methoxy groups -OCH3 is 1. The highest BCUT2D eigenvalue weighted by atomic mass is 16.5. The van der Waals surface area contributed by atoms with Crippen molar-refractivity contribution in [2.45, 2.75) is 57.4 Å². The van der Waals surface area contributed by atoms with Gasteiger partial charge >= 0.3 is 0 Å². The molecule has 2 fully saturated rings. The fourth-order valence-corrected chi connectivity index (χ4v) is 5.60. The van der Waals surface area contributed by atoms with Crippen LogP contribution in [0.3, 0.4) is 0 Å². The third kappa shape index (κ3) is 4.10. The van der Waals surface area contributed by atoms with Gasteiger partial charge < -0.3 is 10.1 Å². The van der Waals surface area contributed by atoms with E-state index in [-0.39, 0.29) is 5.91 Å². The molecule has 6 rings (SSSR count). The molecule has 2 aromatic heterocycles. The highest BCUT2D eigenvalue weighted by Gasteiger charge is 2.34. The van der Waals surface area contributed by atoms with Gasteiger partial charge in [-0.15, -0.1) is 0 Å². The lowest BCUT2D eigenvalue weighted by Gasteiger charge is -2.22. The minimum Gasteiger partial charge on any atom is -0.497 e. The van der Waals surface area contributed by atoms with E-state index in [2.05, 4.69) is 39.4 Å². The quantitative estimate of drug-likeness (QED) is 0.566. The Kier molecular flexibility index (Phi) is 5.76. The second-order valence-corrected chi connectivity index (χ2v) is 9.83. The van der Waals surface area contributed by atoms with Crippen LogP contribution in [-0.2, 0) is 12.8 Å². The molecule has 3 aromatic rings. The van der Waals surface area contributed by atoms with Crippen LogP contribution in [0, 0.1) is 0 Å². The monoisotopic (exact) mass is 472 g/mol. The van der Waals surface area contributed by atoms with Gasteiger partial charge in [0.1, 0.15) is 5.75 Å². The molecule has 8 heteroatoms. The number of benzene rings is 1. The molecule has 35 heavy (non-hydrogen) atoms. The molecule has 2 aliphatic carbocycles. The van der Waals surface area contributed by atoms with E-state index in [0.717, 1.165) is 73.5 Å². The van der Waals surface area contributed by atoms with Crippen LogP contribution in [-0.4, -0.2) is 63.3 Å². The topological polar surface area (TPSA) is 85.2 Å². The van der Waals surface area contributed by atoms with Crippen LogP contribution in [0.5, 0.6) is 5.75 Å². The van der Waals surface area contributed by atoms with Crippen molar-refractivity contribution in [2.24, 2.45) is 0 Å². The van der Waals surface area contributed by atoms with Crippen LogP contribution in [0.2, 0.25) is 0 Å². The molecule has 1 saturated carbocycles. The summed E-state index contributed by atoms with van der Waals surface area (Å²) in [6, 6.07) is 6.59. The first-order valence-electron chi connectivity index (χ1n) is 12.8. The summed E-state index contributed by atoms with van der Waals surface area (Å²) < 4.78 is 7.25. The molecule has 1 N–H and O–H groups in total. The second kappa shape index (κ2) is 9.07. The molecule has 1 saturated heterocycles. The lowest BCUT2D eigenvalue weighted by Crippen LogP contribution is -2.40. The predicted octanol–water partition coefficient (Wildman–Crippen LogP) is 3.53. The van der Waals surface area contributed by atoms with Gasteiger partial charge in [-0.05, 0) is 74.9 Å². The summed E-state index contributed by atoms with van der Waals surface area (Å²) in [5.74, 6) is 1.61. The fraction of sp³-hybridized carbons (Fsp3) is 0.481. The van der Waals surface area contributed by atoms with Gasteiger partial charge in [-0.1, -0.05) is 13.0 Å². The molecular weight excluding hydrogens is 440 g/mol. The number of hydrogen-bond acceptors (Lipinski definition) is 6. The van der Waals surface area contributed by atoms with Crippen LogP contribution in [0.4, 0.5) is 0 Å². The van der Waals surface area contributed by atoms with Crippen molar-refractivity contribution < 1.29 is 9.53 Å². The van der Waals surface area contributed by atoms with Crippen molar-refractivity contribution in [1.82, 2.24) is 30.0 Å². The molecule has 182 valence electrons. The van der Waals surface area contributed by atoms with Gasteiger partial charge in [0.15, 0.2) is 0 Å². The largest absolute Gasteiger partial charge is 0.497 e. The van der Waals surface area contributed by atoms with Crippen molar-refractivity contribution in [3.63, 3.8) is 0 Å². The Balaban J connectivity index is 1.31. The van der Waals surface area contributed by atoms with Crippen LogP contribution >= 0.6 is 0 Å². The number of aryl methyl sites for hydroxylation is 2. The molecule has 0 bridgehead atoms. The number of hydrogen-bond donors (Lipinski definition) is 1. The molecule has 1 unspecified atom stereocenters. The van der Waals surface area contributed by atoms with E-state index in [1.165, 1.54) is 12.0 Å². The van der Waals surface area contributed by atoms with E-state index in [0.29, 0.717) is 30.0 Å². The maximum atomic E-state index is 13.2. The Morgan fingerprint density at radius 1 is 1.17 bits per heavy atom. The molecule has 8 nitrogen and oxygen atoms in total. The first-order chi connectivity index (χ1) is 17.2. The number of likely N-dealkylation sites (N-methyl/N-ethyl adjacent to an activating group) is 1. The highest BCUT2D eigenvalue weighted by molar-refractivity contribution is 5.95. The average molecular weight is 473 g/mol. The maximum absolute atomic E-state index is 13.2. The van der Waals surface area contributed by atoms with Gasteiger partial charge in [-0.25, -0.2) is 14.6 Å². The van der Waals surface area contributed by atoms with Crippen molar-refractivity contribution >= 4 is 5.91 Å². The van der Waals surface area contributed by atoms with Crippen molar-refractivity contribution in [3.05, 3.63) is 53.0 Å². The van der Waals surface area contributed by atoms with Gasteiger partial charge in [0.25, 0.3) is 11.9 Å². The number of carbonyl (C=O) groups is 1. The molecule has 3 aliphatic rings. The van der Waals surface area contributed by atoms with Crippen LogP contribution < -0.4 is 10.1 Å². The van der Waals surface area contributed by atoms with Gasteiger partial charge in [0, 0.05) is 30.3 Å². The van der Waals surface area contributed by atoms with E-state index >= 15 is 0 Å². The Labute approximate surface area is 205 Å². The Bertz CT molecular complexity index is 1260. The van der Waals surface area contributed by atoms with E-state index in [4.69, 9.17) is 9.72 Å². The zero-order valence-corrected chi connectivity index (χ0v) is 20.5. The van der Waals surface area contributed by atoms with E-state index in [9.17, 15) is 4.79 Å². The van der Waals surface area contributed by atoms with Crippen LogP contribution in [0.15, 0.2) is 30.6 Å². The van der Waals surface area contributed by atoms with Crippen LogP contribution in [0.1, 0.15) is 65.7 Å². The normalized spacial score (nSPS) is 19.3. The number of nitrogens with one attached hydrogen (secondary N) is 1. The summed E-state index contributed by atoms with van der Waals surface area (Å²) in [7, 11) is 1.68. The molecule has 1 aromatic carbocycles. The number of rotatable bonds is 7. The minimum atomic E-state index is -0.0471. The summed E-state index contributed by atoms with van der Waals surface area (Å²) in [4.78, 5) is 25.3. The molecule has 1 atom stereocenters. The number of fused-ring (bicyclic) bond motifs is 3. The molecule has 3 heterocycles. The average Bonchev–Trinajstić information content (AvgIpc) is 3.46. The molecule has 0 radical (unpaired) electrons. The van der Waals surface area contributed by atoms with Crippen molar-refractivity contribution in [2.75, 3.05) is 26.7 Å². The molecule has 1 aliphatic heterocycles. The predicted molar refractivity (Wildman–Crippen MR) is 133 cm³/mol. The Hall–Kier alpha value is -3.26. The Morgan fingerprint density at radius 3 is 2.83 bits per heavy atom. The zero-order chi connectivity index (χ0) is 23.9. The SMILES string of the molecule is CCN1CCCC1CNC(=O)c1cnn(-c2ncc3c(n2)-c2cc(OC)ccc2CC3)c1C1CC1. The first kappa shape index (κ1) is 22.2. The van der Waals surface area contributed by atoms with Crippen molar-refractivity contribution in [1.29, 1.82) is 0 Å². The summed E-state index contributed by atoms with van der Waals surface area (Å²) >= 11 is 0. The third-order valence-electron chi connectivity index (χ3n) is 7.70. The third-order valence-corrected chi connectivity index (χ3v) is 7.70. The van der Waals surface area contributed by atoms with Gasteiger partial charge in [-0.3, -0.25) is 9.69 Å². The lowest BCUT2D eigenvalue weighted by atomic mass is 9.90. The number of amides is 1. The van der Waals surface area contributed by atoms with Crippen LogP contribution in [0.25, 0.3) is 17.2 Å². The number of carbonyl (C=O) groups excluding carboxylic acids is 1. The lowest BCUT2D eigenvalue weighted by molar-refractivity contribution is 0.0940. The smallest absolute Gasteiger partial charge is 0.254 e. The van der Waals surface area contributed by atoms with Gasteiger partial charge in [0.05, 0.1) is 30.3 Å². The van der Waals surface area contributed by atoms with Gasteiger partial charge in [0.2, 0.25) is 0 Å². The summed E-state index contributed by atoms with van der Waals surface area (Å²) in [6.45, 7) is 5.00. The highest BCUT2D eigenvalue weighted by Crippen LogP contribution is 2.42. The zero-order valence-electron chi connectivity index (χ0n) is 20.5. The van der Waals surface area contributed by atoms with E-state index in [1.54, 1.807) is 18.0 Å². The summed E-state index contributed by atoms with van der Waals surface area (Å²) in [6.07, 6.45) is 9.93.